The van der Waals surface area contributed by atoms with Gasteiger partial charge in [0.2, 0.25) is 0 Å². The largest absolute Gasteiger partial charge is 0.496 e. The molecule has 3 aromatic carbocycles. The maximum absolute atomic E-state index is 14.7. The third kappa shape index (κ3) is 6.67. The predicted octanol–water partition coefficient (Wildman–Crippen LogP) is 9.25. The molecule has 3 unspecified atom stereocenters. The molecule has 3 aromatic rings. The number of carbonyl (C=O) groups is 1. The minimum Gasteiger partial charge on any atom is -0.496 e. The minimum atomic E-state index is -5.21. The molecule has 1 aliphatic rings. The van der Waals surface area contributed by atoms with Gasteiger partial charge in [0.05, 0.1) is 29.8 Å². The second kappa shape index (κ2) is 11.7. The van der Waals surface area contributed by atoms with E-state index in [0.717, 1.165) is 19.1 Å². The number of aliphatic hydroxyl groups excluding tert-OH is 1. The van der Waals surface area contributed by atoms with E-state index in [-0.39, 0.29) is 28.5 Å². The fourth-order valence-corrected chi connectivity index (χ4v) is 5.13. The Kier molecular flexibility index (Phi) is 8.83. The van der Waals surface area contributed by atoms with Gasteiger partial charge >= 0.3 is 24.6 Å². The molecule has 5 nitrogen and oxygen atoms in total. The van der Waals surface area contributed by atoms with Crippen molar-refractivity contribution in [1.82, 2.24) is 4.90 Å². The van der Waals surface area contributed by atoms with Crippen LogP contribution >= 0.6 is 0 Å². The molecule has 45 heavy (non-hydrogen) atoms. The molecule has 1 saturated heterocycles. The fraction of sp³-hybridized carbons (Fsp3) is 0.367. The topological polar surface area (TPSA) is 59.0 Å². The first-order valence-electron chi connectivity index (χ1n) is 13.2. The number of amides is 1. The summed E-state index contributed by atoms with van der Waals surface area (Å²) in [5.41, 5.74) is -5.82. The molecule has 15 heteroatoms. The van der Waals surface area contributed by atoms with Crippen LogP contribution in [-0.2, 0) is 23.3 Å². The molecule has 0 radical (unpaired) electrons. The Morgan fingerprint density at radius 3 is 1.84 bits per heavy atom. The number of carbonyl (C=O) groups excluding carboxylic acids is 1. The number of benzene rings is 3. The zero-order valence-electron chi connectivity index (χ0n) is 23.8. The highest BCUT2D eigenvalue weighted by Crippen LogP contribution is 2.46. The van der Waals surface area contributed by atoms with E-state index in [1.54, 1.807) is 13.8 Å². The van der Waals surface area contributed by atoms with Gasteiger partial charge in [-0.2, -0.15) is 39.5 Å². The van der Waals surface area contributed by atoms with Gasteiger partial charge in [0.25, 0.3) is 0 Å². The second-order valence-electron chi connectivity index (χ2n) is 10.7. The van der Waals surface area contributed by atoms with Gasteiger partial charge in [-0.05, 0) is 65.9 Å². The van der Waals surface area contributed by atoms with Crippen LogP contribution in [-0.4, -0.2) is 29.3 Å². The third-order valence-electron chi connectivity index (χ3n) is 7.41. The number of nitrogens with zero attached hydrogens (tertiary/aromatic N) is 1. The first-order chi connectivity index (χ1) is 20.6. The maximum atomic E-state index is 14.7. The van der Waals surface area contributed by atoms with Crippen LogP contribution in [0.15, 0.2) is 48.5 Å². The third-order valence-corrected chi connectivity index (χ3v) is 7.41. The lowest BCUT2D eigenvalue weighted by molar-refractivity contribution is -0.143. The smallest absolute Gasteiger partial charge is 0.416 e. The van der Waals surface area contributed by atoms with Crippen molar-refractivity contribution in [2.75, 3.05) is 7.11 Å². The normalized spacial score (nSPS) is 18.4. The van der Waals surface area contributed by atoms with E-state index >= 15 is 0 Å². The summed E-state index contributed by atoms with van der Waals surface area (Å²) in [5, 5.41) is 11.4. The number of rotatable bonds is 6. The lowest BCUT2D eigenvalue weighted by Gasteiger charge is -2.29. The number of halogens is 10. The van der Waals surface area contributed by atoms with E-state index in [1.807, 2.05) is 0 Å². The van der Waals surface area contributed by atoms with Gasteiger partial charge in [0.15, 0.2) is 6.23 Å². The quantitative estimate of drug-likeness (QED) is 0.270. The van der Waals surface area contributed by atoms with Crippen molar-refractivity contribution in [3.63, 3.8) is 0 Å². The van der Waals surface area contributed by atoms with Crippen LogP contribution < -0.4 is 4.74 Å². The Hall–Kier alpha value is -4.01. The second-order valence-corrected chi connectivity index (χ2v) is 10.7. The highest BCUT2D eigenvalue weighted by Gasteiger charge is 2.46. The van der Waals surface area contributed by atoms with E-state index in [0.29, 0.717) is 29.2 Å². The highest BCUT2D eigenvalue weighted by molar-refractivity contribution is 5.77. The first kappa shape index (κ1) is 33.9. The molecule has 1 N–H and O–H groups in total. The van der Waals surface area contributed by atoms with Crippen LogP contribution in [0.5, 0.6) is 5.75 Å². The molecular formula is C30H25F10NO4. The SMILES string of the molecule is COc1cc(F)c(C(C)C)cc1-c1ccc(C(F)(F)F)cc1C(O)N1C(=O)OC(c2cc(C(F)(F)F)cc(C(F)(F)F)c2)C1C. The Morgan fingerprint density at radius 1 is 0.800 bits per heavy atom. The summed E-state index contributed by atoms with van der Waals surface area (Å²) >= 11 is 0. The van der Waals surface area contributed by atoms with Crippen molar-refractivity contribution in [3.05, 3.63) is 87.7 Å². The molecule has 0 aliphatic carbocycles. The van der Waals surface area contributed by atoms with Crippen LogP contribution in [0.25, 0.3) is 11.1 Å². The average Bonchev–Trinajstić information content (AvgIpc) is 3.23. The van der Waals surface area contributed by atoms with Crippen LogP contribution in [0, 0.1) is 5.82 Å². The average molecular weight is 654 g/mol. The van der Waals surface area contributed by atoms with Crippen molar-refractivity contribution >= 4 is 6.09 Å². The molecular weight excluding hydrogens is 628 g/mol. The molecule has 1 aliphatic heterocycles. The van der Waals surface area contributed by atoms with E-state index in [2.05, 4.69) is 0 Å². The van der Waals surface area contributed by atoms with Crippen LogP contribution in [0.3, 0.4) is 0 Å². The van der Waals surface area contributed by atoms with Crippen molar-refractivity contribution in [1.29, 1.82) is 0 Å². The molecule has 0 aromatic heterocycles. The summed E-state index contributed by atoms with van der Waals surface area (Å²) < 4.78 is 147. The molecule has 0 spiro atoms. The van der Waals surface area contributed by atoms with Gasteiger partial charge in [0, 0.05) is 17.2 Å². The molecule has 0 saturated carbocycles. The number of ether oxygens (including phenoxy) is 2. The molecule has 244 valence electrons. The van der Waals surface area contributed by atoms with Crippen LogP contribution in [0.2, 0.25) is 0 Å². The highest BCUT2D eigenvalue weighted by atomic mass is 19.4. The molecule has 3 atom stereocenters. The van der Waals surface area contributed by atoms with Crippen molar-refractivity contribution in [2.24, 2.45) is 0 Å². The van der Waals surface area contributed by atoms with Crippen molar-refractivity contribution in [2.45, 2.75) is 63.6 Å². The molecule has 1 fully saturated rings. The summed E-state index contributed by atoms with van der Waals surface area (Å²) in [6, 6.07) is 3.57. The van der Waals surface area contributed by atoms with Gasteiger partial charge < -0.3 is 14.6 Å². The number of hydrogen-bond donors (Lipinski definition) is 1. The monoisotopic (exact) mass is 653 g/mol. The van der Waals surface area contributed by atoms with Crippen LogP contribution in [0.1, 0.15) is 72.4 Å². The van der Waals surface area contributed by atoms with Crippen LogP contribution in [0.4, 0.5) is 48.7 Å². The molecule has 4 rings (SSSR count). The number of aliphatic hydroxyl groups is 1. The minimum absolute atomic E-state index is 0.0369. The van der Waals surface area contributed by atoms with Gasteiger partial charge in [0.1, 0.15) is 17.7 Å². The Bertz CT molecular complexity index is 1570. The molecule has 1 heterocycles. The first-order valence-corrected chi connectivity index (χ1v) is 13.2. The standard InChI is InChI=1S/C30H25F10NO4/c1-13(2)20-11-21(24(44-4)12-23(20)31)19-6-5-16(28(32,33)34)10-22(19)26(42)41-14(3)25(45-27(41)43)15-7-17(29(35,36)37)9-18(8-15)30(38,39)40/h5-14,25-26,42H,1-4H3. The Balaban J connectivity index is 1.87. The fourth-order valence-electron chi connectivity index (χ4n) is 5.13. The molecule has 0 bridgehead atoms. The predicted molar refractivity (Wildman–Crippen MR) is 139 cm³/mol. The number of alkyl halides is 9. The summed E-state index contributed by atoms with van der Waals surface area (Å²) in [5.74, 6) is -1.22. The van der Waals surface area contributed by atoms with E-state index in [9.17, 15) is 53.8 Å². The number of hydrogen-bond acceptors (Lipinski definition) is 4. The summed E-state index contributed by atoms with van der Waals surface area (Å²) in [6.45, 7) is 4.43. The zero-order valence-corrected chi connectivity index (χ0v) is 23.8. The number of methoxy groups -OCH3 is 1. The summed E-state index contributed by atoms with van der Waals surface area (Å²) in [6.07, 6.45) is -20.8. The Labute approximate surface area is 250 Å². The van der Waals surface area contributed by atoms with Crippen molar-refractivity contribution in [3.8, 4) is 16.9 Å². The zero-order chi connectivity index (χ0) is 33.8. The van der Waals surface area contributed by atoms with E-state index in [4.69, 9.17) is 9.47 Å². The van der Waals surface area contributed by atoms with Gasteiger partial charge in [-0.15, -0.1) is 0 Å². The lowest BCUT2D eigenvalue weighted by atomic mass is 9.91. The van der Waals surface area contributed by atoms with Gasteiger partial charge in [-0.3, -0.25) is 4.90 Å². The van der Waals surface area contributed by atoms with E-state index in [1.165, 1.54) is 13.2 Å². The van der Waals surface area contributed by atoms with Gasteiger partial charge in [-0.1, -0.05) is 19.9 Å². The van der Waals surface area contributed by atoms with Crippen molar-refractivity contribution < 1.29 is 63.3 Å². The van der Waals surface area contributed by atoms with E-state index < -0.39 is 82.5 Å². The lowest BCUT2D eigenvalue weighted by Crippen LogP contribution is -2.36. The molecule has 1 amide bonds. The van der Waals surface area contributed by atoms with Gasteiger partial charge in [-0.25, -0.2) is 9.18 Å². The summed E-state index contributed by atoms with van der Waals surface area (Å²) in [4.78, 5) is 13.5. The maximum Gasteiger partial charge on any atom is 0.416 e. The number of cyclic esters (lactones) is 1. The Morgan fingerprint density at radius 2 is 1.36 bits per heavy atom. The summed E-state index contributed by atoms with van der Waals surface area (Å²) in [7, 11) is 1.17.